The normalized spacial score (nSPS) is 11.9. The van der Waals surface area contributed by atoms with Crippen molar-refractivity contribution in [3.63, 3.8) is 0 Å². The first-order valence-electron chi connectivity index (χ1n) is 6.64. The maximum Gasteiger partial charge on any atom is 0.165 e. The Morgan fingerprint density at radius 2 is 2.05 bits per heavy atom. The van der Waals surface area contributed by atoms with Crippen LogP contribution in [0.25, 0.3) is 0 Å². The van der Waals surface area contributed by atoms with Gasteiger partial charge in [0, 0.05) is 13.1 Å². The molecule has 0 heterocycles. The molecule has 1 aromatic rings. The highest BCUT2D eigenvalue weighted by Gasteiger charge is 2.15. The van der Waals surface area contributed by atoms with Gasteiger partial charge in [-0.2, -0.15) is 0 Å². The molecule has 3 nitrogen and oxygen atoms in total. The highest BCUT2D eigenvalue weighted by Crippen LogP contribution is 2.18. The molecule has 0 radical (unpaired) electrons. The molecule has 0 aromatic heterocycles. The van der Waals surface area contributed by atoms with Crippen molar-refractivity contribution in [2.75, 3.05) is 26.7 Å². The predicted octanol–water partition coefficient (Wildman–Crippen LogP) is 2.47. The molecule has 0 fully saturated rings. The number of nitrogens with zero attached hydrogens (tertiary/aromatic N) is 1. The van der Waals surface area contributed by atoms with E-state index in [4.69, 9.17) is 4.74 Å². The molecular weight excluding hydrogens is 245 g/mol. The number of aliphatic hydroxyl groups is 1. The Morgan fingerprint density at radius 3 is 2.58 bits per heavy atom. The van der Waals surface area contributed by atoms with Gasteiger partial charge in [-0.3, -0.25) is 0 Å². The highest BCUT2D eigenvalue weighted by atomic mass is 19.1. The standard InChI is InChI=1S/C15H24FNO2/c1-5-19-14-7-6-12(10-13(14)16)8-9-17(4)11-15(2,3)18/h6-7,10,18H,5,8-9,11H2,1-4H3. The first-order valence-corrected chi connectivity index (χ1v) is 6.64. The van der Waals surface area contributed by atoms with Crippen LogP contribution in [0, 0.1) is 5.82 Å². The third kappa shape index (κ3) is 6.03. The van der Waals surface area contributed by atoms with Crippen LogP contribution in [0.3, 0.4) is 0 Å². The van der Waals surface area contributed by atoms with E-state index in [2.05, 4.69) is 0 Å². The third-order valence-electron chi connectivity index (χ3n) is 2.74. The van der Waals surface area contributed by atoms with E-state index in [0.29, 0.717) is 18.9 Å². The fourth-order valence-electron chi connectivity index (χ4n) is 2.03. The van der Waals surface area contributed by atoms with Crippen LogP contribution in [-0.4, -0.2) is 42.4 Å². The van der Waals surface area contributed by atoms with Gasteiger partial charge in [0.25, 0.3) is 0 Å². The summed E-state index contributed by atoms with van der Waals surface area (Å²) in [6.45, 7) is 7.22. The van der Waals surface area contributed by atoms with Crippen LogP contribution >= 0.6 is 0 Å². The average molecular weight is 269 g/mol. The van der Waals surface area contributed by atoms with Crippen LogP contribution in [-0.2, 0) is 6.42 Å². The molecule has 0 atom stereocenters. The number of benzene rings is 1. The van der Waals surface area contributed by atoms with Crippen molar-refractivity contribution < 1.29 is 14.2 Å². The van der Waals surface area contributed by atoms with Gasteiger partial charge < -0.3 is 14.7 Å². The van der Waals surface area contributed by atoms with Gasteiger partial charge in [-0.15, -0.1) is 0 Å². The molecule has 0 spiro atoms. The smallest absolute Gasteiger partial charge is 0.165 e. The summed E-state index contributed by atoms with van der Waals surface area (Å²) in [6, 6.07) is 5.07. The zero-order chi connectivity index (χ0) is 14.5. The van der Waals surface area contributed by atoms with Crippen LogP contribution in [0.5, 0.6) is 5.75 Å². The van der Waals surface area contributed by atoms with E-state index in [-0.39, 0.29) is 5.82 Å². The van der Waals surface area contributed by atoms with Crippen molar-refractivity contribution in [3.05, 3.63) is 29.6 Å². The second-order valence-corrected chi connectivity index (χ2v) is 5.50. The maximum absolute atomic E-state index is 13.7. The monoisotopic (exact) mass is 269 g/mol. The lowest BCUT2D eigenvalue weighted by atomic mass is 10.1. The lowest BCUT2D eigenvalue weighted by Gasteiger charge is -2.25. The quantitative estimate of drug-likeness (QED) is 0.825. The molecule has 0 saturated carbocycles. The lowest BCUT2D eigenvalue weighted by molar-refractivity contribution is 0.0450. The maximum atomic E-state index is 13.7. The highest BCUT2D eigenvalue weighted by molar-refractivity contribution is 5.29. The second kappa shape index (κ2) is 6.87. The number of ether oxygens (including phenoxy) is 1. The largest absolute Gasteiger partial charge is 0.491 e. The van der Waals surface area contributed by atoms with Gasteiger partial charge in [0.05, 0.1) is 12.2 Å². The fraction of sp³-hybridized carbons (Fsp3) is 0.600. The Hall–Kier alpha value is -1.13. The molecule has 0 aliphatic carbocycles. The van der Waals surface area contributed by atoms with Crippen LogP contribution < -0.4 is 4.74 Å². The Labute approximate surface area is 115 Å². The van der Waals surface area contributed by atoms with Crippen LogP contribution in [0.15, 0.2) is 18.2 Å². The van der Waals surface area contributed by atoms with E-state index >= 15 is 0 Å². The van der Waals surface area contributed by atoms with Gasteiger partial charge in [0.1, 0.15) is 0 Å². The van der Waals surface area contributed by atoms with E-state index in [1.54, 1.807) is 19.9 Å². The van der Waals surface area contributed by atoms with Gasteiger partial charge in [-0.25, -0.2) is 4.39 Å². The molecule has 1 aromatic carbocycles. The molecule has 108 valence electrons. The zero-order valence-corrected chi connectivity index (χ0v) is 12.2. The SMILES string of the molecule is CCOc1ccc(CCN(C)CC(C)(C)O)cc1F. The van der Waals surface area contributed by atoms with Crippen LogP contribution in [0.2, 0.25) is 0 Å². The first-order chi connectivity index (χ1) is 8.81. The van der Waals surface area contributed by atoms with E-state index in [9.17, 15) is 9.50 Å². The van der Waals surface area contributed by atoms with Gasteiger partial charge in [-0.05, 0) is 51.9 Å². The van der Waals surface area contributed by atoms with Crippen molar-refractivity contribution in [3.8, 4) is 5.75 Å². The molecule has 1 rings (SSSR count). The summed E-state index contributed by atoms with van der Waals surface area (Å²) >= 11 is 0. The van der Waals surface area contributed by atoms with E-state index < -0.39 is 5.60 Å². The molecule has 19 heavy (non-hydrogen) atoms. The summed E-state index contributed by atoms with van der Waals surface area (Å²) in [4.78, 5) is 2.04. The number of hydrogen-bond acceptors (Lipinski definition) is 3. The van der Waals surface area contributed by atoms with Crippen molar-refractivity contribution in [1.29, 1.82) is 0 Å². The van der Waals surface area contributed by atoms with Gasteiger partial charge in [0.2, 0.25) is 0 Å². The van der Waals surface area contributed by atoms with Gasteiger partial charge in [-0.1, -0.05) is 6.07 Å². The van der Waals surface area contributed by atoms with Gasteiger partial charge >= 0.3 is 0 Å². The minimum absolute atomic E-state index is 0.302. The Kier molecular flexibility index (Phi) is 5.76. The van der Waals surface area contributed by atoms with Crippen molar-refractivity contribution in [2.24, 2.45) is 0 Å². The number of halogens is 1. The first kappa shape index (κ1) is 15.9. The molecule has 0 saturated heterocycles. The Balaban J connectivity index is 2.52. The van der Waals surface area contributed by atoms with Crippen LogP contribution in [0.4, 0.5) is 4.39 Å². The lowest BCUT2D eigenvalue weighted by Crippen LogP contribution is -2.37. The third-order valence-corrected chi connectivity index (χ3v) is 2.74. The topological polar surface area (TPSA) is 32.7 Å². The Morgan fingerprint density at radius 1 is 1.37 bits per heavy atom. The second-order valence-electron chi connectivity index (χ2n) is 5.50. The molecule has 0 amide bonds. The minimum atomic E-state index is -0.710. The molecule has 1 N–H and O–H groups in total. The minimum Gasteiger partial charge on any atom is -0.491 e. The van der Waals surface area contributed by atoms with Gasteiger partial charge in [0.15, 0.2) is 11.6 Å². The summed E-state index contributed by atoms with van der Waals surface area (Å²) in [6.07, 6.45) is 0.746. The molecule has 0 unspecified atom stereocenters. The summed E-state index contributed by atoms with van der Waals surface area (Å²) in [7, 11) is 1.95. The van der Waals surface area contributed by atoms with E-state index in [1.807, 2.05) is 24.9 Å². The number of likely N-dealkylation sites (N-methyl/N-ethyl adjacent to an activating group) is 1. The number of rotatable bonds is 7. The average Bonchev–Trinajstić information content (AvgIpc) is 2.27. The predicted molar refractivity (Wildman–Crippen MR) is 75.1 cm³/mol. The summed E-state index contributed by atoms with van der Waals surface area (Å²) in [5, 5.41) is 9.71. The van der Waals surface area contributed by atoms with E-state index in [1.165, 1.54) is 6.07 Å². The molecule has 0 aliphatic heterocycles. The van der Waals surface area contributed by atoms with Crippen LogP contribution in [0.1, 0.15) is 26.3 Å². The van der Waals surface area contributed by atoms with Crippen molar-refractivity contribution in [2.45, 2.75) is 32.8 Å². The van der Waals surface area contributed by atoms with Crippen molar-refractivity contribution in [1.82, 2.24) is 4.90 Å². The summed E-state index contributed by atoms with van der Waals surface area (Å²) < 4.78 is 18.8. The fourth-order valence-corrected chi connectivity index (χ4v) is 2.03. The van der Waals surface area contributed by atoms with Crippen molar-refractivity contribution >= 4 is 0 Å². The molecule has 4 heteroatoms. The zero-order valence-electron chi connectivity index (χ0n) is 12.2. The molecular formula is C15H24FNO2. The molecule has 0 bridgehead atoms. The summed E-state index contributed by atoms with van der Waals surface area (Å²) in [5.41, 5.74) is 0.224. The summed E-state index contributed by atoms with van der Waals surface area (Å²) in [5.74, 6) is -0.0133. The molecule has 0 aliphatic rings. The Bertz CT molecular complexity index is 402. The number of hydrogen-bond donors (Lipinski definition) is 1. The van der Waals surface area contributed by atoms with E-state index in [0.717, 1.165) is 18.5 Å².